The van der Waals surface area contributed by atoms with Crippen molar-refractivity contribution in [1.82, 2.24) is 4.90 Å². The Bertz CT molecular complexity index is 908. The van der Waals surface area contributed by atoms with Gasteiger partial charge in [0.2, 0.25) is 5.91 Å². The lowest BCUT2D eigenvalue weighted by atomic mass is 9.73. The van der Waals surface area contributed by atoms with Crippen molar-refractivity contribution in [3.05, 3.63) is 58.1 Å². The van der Waals surface area contributed by atoms with E-state index in [2.05, 4.69) is 10.2 Å². The van der Waals surface area contributed by atoms with Gasteiger partial charge < -0.3 is 14.8 Å². The number of benzene rings is 2. The number of amides is 1. The smallest absolute Gasteiger partial charge is 0.235 e. The van der Waals surface area contributed by atoms with Crippen molar-refractivity contribution in [2.45, 2.75) is 37.5 Å². The Balaban J connectivity index is 1.40. The summed E-state index contributed by atoms with van der Waals surface area (Å²) < 4.78 is 11.4. The number of rotatable bonds is 7. The monoisotopic (exact) mass is 476 g/mol. The summed E-state index contributed by atoms with van der Waals surface area (Å²) in [6.07, 6.45) is 5.03. The van der Waals surface area contributed by atoms with Crippen molar-refractivity contribution in [2.24, 2.45) is 0 Å². The number of carbonyl (C=O) groups is 1. The minimum atomic E-state index is -0.746. The third-order valence-electron chi connectivity index (χ3n) is 6.46. The zero-order valence-corrected chi connectivity index (χ0v) is 19.8. The molecule has 2 saturated heterocycles. The first-order valence-corrected chi connectivity index (χ1v) is 12.1. The first-order valence-electron chi connectivity index (χ1n) is 11.4. The van der Waals surface area contributed by atoms with Gasteiger partial charge in [-0.3, -0.25) is 9.69 Å². The van der Waals surface area contributed by atoms with Crippen molar-refractivity contribution in [1.29, 1.82) is 0 Å². The molecule has 0 atom stereocenters. The van der Waals surface area contributed by atoms with Crippen LogP contribution in [0.3, 0.4) is 0 Å². The molecule has 0 spiro atoms. The number of piperidine rings is 1. The summed E-state index contributed by atoms with van der Waals surface area (Å²) in [5.41, 5.74) is 0.778. The highest BCUT2D eigenvalue weighted by atomic mass is 35.5. The van der Waals surface area contributed by atoms with Gasteiger partial charge in [0.05, 0.1) is 5.41 Å². The van der Waals surface area contributed by atoms with E-state index >= 15 is 0 Å². The van der Waals surface area contributed by atoms with Crippen molar-refractivity contribution in [2.75, 3.05) is 44.8 Å². The molecule has 0 radical (unpaired) electrons. The number of anilines is 1. The van der Waals surface area contributed by atoms with E-state index in [-0.39, 0.29) is 5.91 Å². The van der Waals surface area contributed by atoms with E-state index in [0.29, 0.717) is 42.7 Å². The van der Waals surface area contributed by atoms with Gasteiger partial charge in [-0.2, -0.15) is 0 Å². The second-order valence-electron chi connectivity index (χ2n) is 8.55. The summed E-state index contributed by atoms with van der Waals surface area (Å²) in [6.45, 7) is 4.97. The standard InChI is InChI=1S/C25H30Cl2N2O3/c26-19-4-9-22(23(27)18-19)25(10-15-31-16-11-25)24(30)28-20-5-7-21(8-6-20)32-17-14-29-12-2-1-3-13-29/h4-9,18H,1-3,10-17H2,(H,28,30). The quantitative estimate of drug-likeness (QED) is 0.569. The predicted molar refractivity (Wildman–Crippen MR) is 129 cm³/mol. The van der Waals surface area contributed by atoms with Gasteiger partial charge in [-0.05, 0) is 80.7 Å². The molecule has 5 nitrogen and oxygen atoms in total. The maximum absolute atomic E-state index is 13.5. The van der Waals surface area contributed by atoms with Crippen molar-refractivity contribution in [3.63, 3.8) is 0 Å². The normalized spacial score (nSPS) is 18.8. The summed E-state index contributed by atoms with van der Waals surface area (Å²) in [7, 11) is 0. The topological polar surface area (TPSA) is 50.8 Å². The van der Waals surface area contributed by atoms with Gasteiger partial charge in [-0.15, -0.1) is 0 Å². The summed E-state index contributed by atoms with van der Waals surface area (Å²) in [5, 5.41) is 4.14. The Kier molecular flexibility index (Phi) is 7.95. The first-order chi connectivity index (χ1) is 15.6. The van der Waals surface area contributed by atoms with E-state index in [9.17, 15) is 4.79 Å². The fourth-order valence-corrected chi connectivity index (χ4v) is 5.17. The SMILES string of the molecule is O=C(Nc1ccc(OCCN2CCCCC2)cc1)C1(c2ccc(Cl)cc2Cl)CCOCC1. The molecule has 0 aliphatic carbocycles. The van der Waals surface area contributed by atoms with E-state index in [1.165, 1.54) is 32.4 Å². The number of likely N-dealkylation sites (tertiary alicyclic amines) is 1. The molecule has 4 rings (SSSR count). The van der Waals surface area contributed by atoms with Crippen LogP contribution < -0.4 is 10.1 Å². The molecule has 2 aliphatic rings. The molecule has 1 N–H and O–H groups in total. The van der Waals surface area contributed by atoms with E-state index in [0.717, 1.165) is 23.5 Å². The Morgan fingerprint density at radius 1 is 1.03 bits per heavy atom. The van der Waals surface area contributed by atoms with E-state index in [4.69, 9.17) is 32.7 Å². The third kappa shape index (κ3) is 5.57. The fourth-order valence-electron chi connectivity index (χ4n) is 4.58. The lowest BCUT2D eigenvalue weighted by Gasteiger charge is -2.36. The molecule has 32 heavy (non-hydrogen) atoms. The van der Waals surface area contributed by atoms with Gasteiger partial charge in [-0.25, -0.2) is 0 Å². The van der Waals surface area contributed by atoms with Crippen LogP contribution >= 0.6 is 23.2 Å². The Hall–Kier alpha value is -1.79. The van der Waals surface area contributed by atoms with Crippen LogP contribution in [0, 0.1) is 0 Å². The van der Waals surface area contributed by atoms with Crippen molar-refractivity contribution < 1.29 is 14.3 Å². The van der Waals surface area contributed by atoms with Crippen molar-refractivity contribution >= 4 is 34.8 Å². The second-order valence-corrected chi connectivity index (χ2v) is 9.39. The second kappa shape index (κ2) is 10.9. The average Bonchev–Trinajstić information content (AvgIpc) is 2.81. The van der Waals surface area contributed by atoms with Gasteiger partial charge >= 0.3 is 0 Å². The molecular formula is C25H30Cl2N2O3. The van der Waals surface area contributed by atoms with Crippen LogP contribution in [0.4, 0.5) is 5.69 Å². The molecule has 7 heteroatoms. The number of ether oxygens (including phenoxy) is 2. The molecule has 0 saturated carbocycles. The van der Waals surface area contributed by atoms with Crippen molar-refractivity contribution in [3.8, 4) is 5.75 Å². The van der Waals surface area contributed by atoms with Crippen LogP contribution in [0.15, 0.2) is 42.5 Å². The predicted octanol–water partition coefficient (Wildman–Crippen LogP) is 5.55. The van der Waals surface area contributed by atoms with Crippen LogP contribution in [0.5, 0.6) is 5.75 Å². The Morgan fingerprint density at radius 3 is 2.44 bits per heavy atom. The number of halogens is 2. The summed E-state index contributed by atoms with van der Waals surface area (Å²) in [5.74, 6) is 0.727. The Morgan fingerprint density at radius 2 is 1.75 bits per heavy atom. The zero-order valence-electron chi connectivity index (χ0n) is 18.2. The molecule has 172 valence electrons. The molecular weight excluding hydrogens is 447 g/mol. The summed E-state index contributed by atoms with van der Waals surface area (Å²) in [6, 6.07) is 12.9. The van der Waals surface area contributed by atoms with E-state index < -0.39 is 5.41 Å². The number of nitrogens with one attached hydrogen (secondary N) is 1. The molecule has 2 heterocycles. The minimum absolute atomic E-state index is 0.0798. The summed E-state index contributed by atoms with van der Waals surface area (Å²) in [4.78, 5) is 15.9. The van der Waals surface area contributed by atoms with Crippen LogP contribution in [0.25, 0.3) is 0 Å². The van der Waals surface area contributed by atoms with Gasteiger partial charge in [-0.1, -0.05) is 35.7 Å². The highest BCUT2D eigenvalue weighted by Crippen LogP contribution is 2.40. The van der Waals surface area contributed by atoms with Gasteiger partial charge in [0.25, 0.3) is 0 Å². The van der Waals surface area contributed by atoms with Crippen LogP contribution in [0.2, 0.25) is 10.0 Å². The molecule has 0 aromatic heterocycles. The van der Waals surface area contributed by atoms with Gasteiger partial charge in [0, 0.05) is 35.5 Å². The summed E-state index contributed by atoms with van der Waals surface area (Å²) >= 11 is 12.6. The van der Waals surface area contributed by atoms with E-state index in [1.54, 1.807) is 12.1 Å². The van der Waals surface area contributed by atoms with Crippen LogP contribution in [-0.2, 0) is 14.9 Å². The van der Waals surface area contributed by atoms with Gasteiger partial charge in [0.1, 0.15) is 12.4 Å². The molecule has 0 unspecified atom stereocenters. The molecule has 0 bridgehead atoms. The molecule has 2 aromatic carbocycles. The number of carbonyl (C=O) groups excluding carboxylic acids is 1. The lowest BCUT2D eigenvalue weighted by molar-refractivity contribution is -0.125. The zero-order chi connectivity index (χ0) is 22.4. The highest BCUT2D eigenvalue weighted by molar-refractivity contribution is 6.35. The number of nitrogens with zero attached hydrogens (tertiary/aromatic N) is 1. The minimum Gasteiger partial charge on any atom is -0.492 e. The number of hydrogen-bond donors (Lipinski definition) is 1. The molecule has 2 fully saturated rings. The lowest BCUT2D eigenvalue weighted by Crippen LogP contribution is -2.45. The fraction of sp³-hybridized carbons (Fsp3) is 0.480. The highest BCUT2D eigenvalue weighted by Gasteiger charge is 2.43. The Labute approximate surface area is 200 Å². The largest absolute Gasteiger partial charge is 0.492 e. The average molecular weight is 477 g/mol. The molecule has 2 aliphatic heterocycles. The molecule has 1 amide bonds. The number of hydrogen-bond acceptors (Lipinski definition) is 4. The molecule has 2 aromatic rings. The first kappa shape index (κ1) is 23.4. The van der Waals surface area contributed by atoms with E-state index in [1.807, 2.05) is 30.3 Å². The van der Waals surface area contributed by atoms with Crippen LogP contribution in [-0.4, -0.2) is 50.3 Å². The third-order valence-corrected chi connectivity index (χ3v) is 7.01. The maximum atomic E-state index is 13.5. The van der Waals surface area contributed by atoms with Crippen LogP contribution in [0.1, 0.15) is 37.7 Å². The maximum Gasteiger partial charge on any atom is 0.235 e. The van der Waals surface area contributed by atoms with Gasteiger partial charge in [0.15, 0.2) is 0 Å².